The zero-order valence-electron chi connectivity index (χ0n) is 16.1. The van der Waals surface area contributed by atoms with Gasteiger partial charge in [0, 0.05) is 49.9 Å². The molecule has 1 atom stereocenters. The maximum atomic E-state index is 13.2. The lowest BCUT2D eigenvalue weighted by atomic mass is 10.1. The van der Waals surface area contributed by atoms with Gasteiger partial charge in [0.1, 0.15) is 5.75 Å². The van der Waals surface area contributed by atoms with E-state index in [0.717, 1.165) is 37.1 Å². The summed E-state index contributed by atoms with van der Waals surface area (Å²) in [6.07, 6.45) is 1.64. The smallest absolute Gasteiger partial charge is 0.268 e. The van der Waals surface area contributed by atoms with Gasteiger partial charge >= 0.3 is 0 Å². The summed E-state index contributed by atoms with van der Waals surface area (Å²) >= 11 is 0. The van der Waals surface area contributed by atoms with Crippen molar-refractivity contribution in [1.82, 2.24) is 14.2 Å². The second-order valence-electron chi connectivity index (χ2n) is 7.24. The second-order valence-corrected chi connectivity index (χ2v) is 9.05. The van der Waals surface area contributed by atoms with Crippen LogP contribution in [0.15, 0.2) is 59.6 Å². The molecule has 148 valence electrons. The van der Waals surface area contributed by atoms with Crippen LogP contribution >= 0.6 is 0 Å². The van der Waals surface area contributed by atoms with Gasteiger partial charge in [0.25, 0.3) is 10.0 Å². The van der Waals surface area contributed by atoms with Gasteiger partial charge in [-0.15, -0.1) is 0 Å². The maximum Gasteiger partial charge on any atom is 0.268 e. The highest BCUT2D eigenvalue weighted by Gasteiger charge is 2.22. The van der Waals surface area contributed by atoms with Crippen LogP contribution in [0.3, 0.4) is 0 Å². The van der Waals surface area contributed by atoms with Gasteiger partial charge in [0.2, 0.25) is 0 Å². The molecule has 0 radical (unpaired) electrons. The van der Waals surface area contributed by atoms with Crippen molar-refractivity contribution in [3.8, 4) is 5.75 Å². The van der Waals surface area contributed by atoms with Gasteiger partial charge in [-0.1, -0.05) is 18.2 Å². The zero-order valence-corrected chi connectivity index (χ0v) is 16.9. The standard InChI is InChI=1S/C21H25N3O3S/c1-16-14-23(11-9-22-16)15-17-12-18(27-2)13-21-20(17)8-10-24(21)28(25,26)19-6-4-3-5-7-19/h3-8,10,12-13,16,22H,9,11,14-15H2,1-2H3. The molecular formula is C21H25N3O3S. The van der Waals surface area contributed by atoms with E-state index in [1.807, 2.05) is 18.2 Å². The predicted molar refractivity (Wildman–Crippen MR) is 110 cm³/mol. The van der Waals surface area contributed by atoms with Crippen LogP contribution in [0.1, 0.15) is 12.5 Å². The summed E-state index contributed by atoms with van der Waals surface area (Å²) in [6.45, 7) is 5.82. The van der Waals surface area contributed by atoms with E-state index >= 15 is 0 Å². The predicted octanol–water partition coefficient (Wildman–Crippen LogP) is 2.68. The van der Waals surface area contributed by atoms with Crippen LogP contribution < -0.4 is 10.1 Å². The third-order valence-electron chi connectivity index (χ3n) is 5.21. The first-order valence-electron chi connectivity index (χ1n) is 9.43. The molecule has 0 saturated carbocycles. The summed E-state index contributed by atoms with van der Waals surface area (Å²) in [5.41, 5.74) is 1.71. The summed E-state index contributed by atoms with van der Waals surface area (Å²) in [6, 6.07) is 14.6. The molecule has 4 rings (SSSR count). The lowest BCUT2D eigenvalue weighted by molar-refractivity contribution is 0.200. The Morgan fingerprint density at radius 2 is 1.96 bits per heavy atom. The van der Waals surface area contributed by atoms with Crippen LogP contribution in [0, 0.1) is 0 Å². The molecule has 0 spiro atoms. The molecule has 1 aliphatic heterocycles. The number of piperazine rings is 1. The van der Waals surface area contributed by atoms with Gasteiger partial charge < -0.3 is 10.1 Å². The Kier molecular flexibility index (Phi) is 5.14. The lowest BCUT2D eigenvalue weighted by Crippen LogP contribution is -2.48. The fourth-order valence-corrected chi connectivity index (χ4v) is 5.19. The van der Waals surface area contributed by atoms with Crippen molar-refractivity contribution in [1.29, 1.82) is 0 Å². The highest BCUT2D eigenvalue weighted by atomic mass is 32.2. The van der Waals surface area contributed by atoms with E-state index in [9.17, 15) is 8.42 Å². The van der Waals surface area contributed by atoms with E-state index in [4.69, 9.17) is 4.74 Å². The molecule has 3 aromatic rings. The van der Waals surface area contributed by atoms with Crippen molar-refractivity contribution in [3.63, 3.8) is 0 Å². The van der Waals surface area contributed by atoms with E-state index in [1.54, 1.807) is 43.6 Å². The fourth-order valence-electron chi connectivity index (χ4n) is 3.83. The number of aromatic nitrogens is 1. The van der Waals surface area contributed by atoms with Crippen LogP contribution in [-0.4, -0.2) is 50.1 Å². The summed E-state index contributed by atoms with van der Waals surface area (Å²) in [4.78, 5) is 2.66. The molecule has 2 aromatic carbocycles. The van der Waals surface area contributed by atoms with Gasteiger partial charge in [-0.05, 0) is 36.8 Å². The lowest BCUT2D eigenvalue weighted by Gasteiger charge is -2.32. The Labute approximate surface area is 165 Å². The minimum absolute atomic E-state index is 0.271. The highest BCUT2D eigenvalue weighted by Crippen LogP contribution is 2.30. The first kappa shape index (κ1) is 19.0. The molecule has 1 saturated heterocycles. The Morgan fingerprint density at radius 1 is 1.18 bits per heavy atom. The van der Waals surface area contributed by atoms with E-state index in [1.165, 1.54) is 3.97 Å². The topological polar surface area (TPSA) is 63.6 Å². The monoisotopic (exact) mass is 399 g/mol. The number of benzene rings is 2. The zero-order chi connectivity index (χ0) is 19.7. The SMILES string of the molecule is COc1cc(CN2CCNC(C)C2)c2ccn(S(=O)(=O)c3ccccc3)c2c1. The molecule has 1 unspecified atom stereocenters. The van der Waals surface area contributed by atoms with Crippen molar-refractivity contribution in [2.24, 2.45) is 0 Å². The minimum atomic E-state index is -3.67. The summed E-state index contributed by atoms with van der Waals surface area (Å²) in [5, 5.41) is 4.39. The van der Waals surface area contributed by atoms with Crippen LogP contribution in [0.25, 0.3) is 10.9 Å². The average molecular weight is 400 g/mol. The van der Waals surface area contributed by atoms with Crippen molar-refractivity contribution in [2.45, 2.75) is 24.4 Å². The molecule has 1 aromatic heterocycles. The van der Waals surface area contributed by atoms with E-state index in [-0.39, 0.29) is 4.90 Å². The third-order valence-corrected chi connectivity index (χ3v) is 6.92. The van der Waals surface area contributed by atoms with E-state index < -0.39 is 10.0 Å². The first-order chi connectivity index (χ1) is 13.5. The number of rotatable bonds is 5. The second kappa shape index (κ2) is 7.58. The third kappa shape index (κ3) is 3.53. The van der Waals surface area contributed by atoms with E-state index in [0.29, 0.717) is 17.3 Å². The Balaban J connectivity index is 1.79. The normalized spacial score (nSPS) is 18.4. The van der Waals surface area contributed by atoms with Crippen LogP contribution in [-0.2, 0) is 16.6 Å². The quantitative estimate of drug-likeness (QED) is 0.715. The first-order valence-corrected chi connectivity index (χ1v) is 10.9. The molecule has 1 N–H and O–H groups in total. The summed E-state index contributed by atoms with van der Waals surface area (Å²) < 4.78 is 33.1. The highest BCUT2D eigenvalue weighted by molar-refractivity contribution is 7.90. The molecule has 6 nitrogen and oxygen atoms in total. The van der Waals surface area contributed by atoms with Gasteiger partial charge in [-0.3, -0.25) is 4.90 Å². The van der Waals surface area contributed by atoms with Gasteiger partial charge in [-0.25, -0.2) is 12.4 Å². The number of nitrogens with one attached hydrogen (secondary N) is 1. The Hall–Kier alpha value is -2.35. The van der Waals surface area contributed by atoms with Crippen LogP contribution in [0.5, 0.6) is 5.75 Å². The summed E-state index contributed by atoms with van der Waals surface area (Å²) in [7, 11) is -2.06. The largest absolute Gasteiger partial charge is 0.497 e. The minimum Gasteiger partial charge on any atom is -0.497 e. The van der Waals surface area contributed by atoms with Crippen LogP contribution in [0.2, 0.25) is 0 Å². The van der Waals surface area contributed by atoms with Crippen molar-refractivity contribution in [3.05, 3.63) is 60.3 Å². The number of methoxy groups -OCH3 is 1. The number of ether oxygens (including phenoxy) is 1. The molecule has 7 heteroatoms. The van der Waals surface area contributed by atoms with Gasteiger partial charge in [0.15, 0.2) is 0 Å². The number of fused-ring (bicyclic) bond motifs is 1. The Bertz CT molecular complexity index is 1080. The summed E-state index contributed by atoms with van der Waals surface area (Å²) in [5.74, 6) is 0.661. The van der Waals surface area contributed by atoms with Crippen LogP contribution in [0.4, 0.5) is 0 Å². The molecular weight excluding hydrogens is 374 g/mol. The van der Waals surface area contributed by atoms with Crippen molar-refractivity contribution in [2.75, 3.05) is 26.7 Å². The molecule has 0 bridgehead atoms. The number of hydrogen-bond donors (Lipinski definition) is 1. The maximum absolute atomic E-state index is 13.2. The molecule has 0 aliphatic carbocycles. The van der Waals surface area contributed by atoms with Crippen molar-refractivity contribution < 1.29 is 13.2 Å². The molecule has 28 heavy (non-hydrogen) atoms. The molecule has 2 heterocycles. The number of nitrogens with zero attached hydrogens (tertiary/aromatic N) is 2. The van der Waals surface area contributed by atoms with E-state index in [2.05, 4.69) is 17.1 Å². The average Bonchev–Trinajstić information content (AvgIpc) is 3.14. The fraction of sp³-hybridized carbons (Fsp3) is 0.333. The molecule has 1 aliphatic rings. The van der Waals surface area contributed by atoms with Crippen molar-refractivity contribution >= 4 is 20.9 Å². The van der Waals surface area contributed by atoms with Gasteiger partial charge in [-0.2, -0.15) is 0 Å². The Morgan fingerprint density at radius 3 is 2.68 bits per heavy atom. The number of hydrogen-bond acceptors (Lipinski definition) is 5. The van der Waals surface area contributed by atoms with Gasteiger partial charge in [0.05, 0.1) is 17.5 Å². The molecule has 1 fully saturated rings. The molecule has 0 amide bonds.